The first-order valence-corrected chi connectivity index (χ1v) is 12.5. The molecule has 1 N–H and O–H groups in total. The molecule has 2 saturated heterocycles. The maximum absolute atomic E-state index is 13.5. The number of carbonyl (C=O) groups is 3. The van der Waals surface area contributed by atoms with Gasteiger partial charge < -0.3 is 15.1 Å². The van der Waals surface area contributed by atoms with Gasteiger partial charge in [-0.15, -0.1) is 0 Å². The molecule has 37 heavy (non-hydrogen) atoms. The van der Waals surface area contributed by atoms with E-state index >= 15 is 0 Å². The number of nitrogens with one attached hydrogen (secondary N) is 1. The second kappa shape index (κ2) is 10.2. The van der Waals surface area contributed by atoms with Gasteiger partial charge in [-0.1, -0.05) is 50.2 Å². The Morgan fingerprint density at radius 1 is 1.03 bits per heavy atom. The number of likely N-dealkylation sites (tertiary alicyclic amines) is 2. The van der Waals surface area contributed by atoms with Crippen LogP contribution in [0.2, 0.25) is 0 Å². The van der Waals surface area contributed by atoms with Crippen molar-refractivity contribution in [3.05, 3.63) is 71.3 Å². The Morgan fingerprint density at radius 2 is 1.68 bits per heavy atom. The summed E-state index contributed by atoms with van der Waals surface area (Å²) in [4.78, 5) is 43.0. The summed E-state index contributed by atoms with van der Waals surface area (Å²) in [5.41, 5.74) is -0.556. The van der Waals surface area contributed by atoms with Crippen LogP contribution in [0.4, 0.5) is 13.2 Å². The summed E-state index contributed by atoms with van der Waals surface area (Å²) in [5.74, 6) is -1.19. The van der Waals surface area contributed by atoms with Gasteiger partial charge in [0.25, 0.3) is 5.91 Å². The highest BCUT2D eigenvalue weighted by molar-refractivity contribution is 5.98. The summed E-state index contributed by atoms with van der Waals surface area (Å²) in [6.45, 7) is 4.91. The molecule has 2 aromatic carbocycles. The van der Waals surface area contributed by atoms with E-state index in [2.05, 4.69) is 5.32 Å². The van der Waals surface area contributed by atoms with Gasteiger partial charge in [-0.2, -0.15) is 13.2 Å². The monoisotopic (exact) mass is 515 g/mol. The van der Waals surface area contributed by atoms with Gasteiger partial charge in [0.15, 0.2) is 0 Å². The van der Waals surface area contributed by atoms with Crippen molar-refractivity contribution in [3.63, 3.8) is 0 Å². The largest absolute Gasteiger partial charge is 0.416 e. The number of hydrogen-bond acceptors (Lipinski definition) is 3. The fraction of sp³-hybridized carbons (Fsp3) is 0.464. The van der Waals surface area contributed by atoms with Crippen LogP contribution in [0.15, 0.2) is 54.6 Å². The number of alkyl halides is 3. The average Bonchev–Trinajstić information content (AvgIpc) is 3.12. The fourth-order valence-corrected chi connectivity index (χ4v) is 5.63. The van der Waals surface area contributed by atoms with Gasteiger partial charge >= 0.3 is 6.18 Å². The maximum atomic E-state index is 13.5. The number of likely N-dealkylation sites (N-methyl/N-ethyl adjacent to an activating group) is 1. The van der Waals surface area contributed by atoms with Crippen LogP contribution in [0, 0.1) is 11.3 Å². The predicted molar refractivity (Wildman–Crippen MR) is 133 cm³/mol. The summed E-state index contributed by atoms with van der Waals surface area (Å²) >= 11 is 0. The predicted octanol–water partition coefficient (Wildman–Crippen LogP) is 4.32. The molecule has 2 aliphatic heterocycles. The number of benzene rings is 2. The van der Waals surface area contributed by atoms with Gasteiger partial charge in [-0.05, 0) is 42.5 Å². The molecule has 2 aromatic rings. The van der Waals surface area contributed by atoms with Gasteiger partial charge in [0.1, 0.15) is 6.04 Å². The summed E-state index contributed by atoms with van der Waals surface area (Å²) in [5, 5.41) is 2.65. The summed E-state index contributed by atoms with van der Waals surface area (Å²) in [7, 11) is 1.81. The lowest BCUT2D eigenvalue weighted by Crippen LogP contribution is -2.55. The van der Waals surface area contributed by atoms with Crippen LogP contribution in [-0.2, 0) is 15.8 Å². The number of nitrogens with zero attached hydrogens (tertiary/aromatic N) is 2. The van der Waals surface area contributed by atoms with Crippen LogP contribution in [-0.4, -0.2) is 60.2 Å². The highest BCUT2D eigenvalue weighted by Crippen LogP contribution is 2.50. The molecule has 198 valence electrons. The van der Waals surface area contributed by atoms with E-state index in [9.17, 15) is 27.6 Å². The molecule has 0 bridgehead atoms. The topological polar surface area (TPSA) is 69.7 Å². The zero-order valence-corrected chi connectivity index (χ0v) is 21.2. The Bertz CT molecular complexity index is 1160. The number of amides is 3. The highest BCUT2D eigenvalue weighted by Gasteiger charge is 2.54. The fourth-order valence-electron chi connectivity index (χ4n) is 5.63. The molecule has 0 saturated carbocycles. The lowest BCUT2D eigenvalue weighted by Gasteiger charge is -2.42. The maximum Gasteiger partial charge on any atom is 0.416 e. The molecule has 0 radical (unpaired) electrons. The molecule has 2 fully saturated rings. The van der Waals surface area contributed by atoms with Gasteiger partial charge in [-0.3, -0.25) is 14.4 Å². The molecule has 3 amide bonds. The quantitative estimate of drug-likeness (QED) is 0.645. The Labute approximate surface area is 214 Å². The summed E-state index contributed by atoms with van der Waals surface area (Å²) in [6, 6.07) is 13.2. The van der Waals surface area contributed by atoms with Crippen molar-refractivity contribution < 1.29 is 27.6 Å². The molecule has 2 heterocycles. The smallest absolute Gasteiger partial charge is 0.345 e. The molecular formula is C28H32F3N3O3. The van der Waals surface area contributed by atoms with Crippen LogP contribution in [0.3, 0.4) is 0 Å². The zero-order chi connectivity index (χ0) is 27.0. The molecule has 0 aliphatic carbocycles. The second-order valence-electron chi connectivity index (χ2n) is 10.4. The standard InChI is InChI=1S/C28H32F3N3O3/c1-18(2)23(32-24(35)20-10-7-11-21(16-20)28(29,30)31)25(36)34-14-12-27(13-15-34)22(17-33(3)26(27)37)19-8-5-4-6-9-19/h4-11,16,18,22-23H,12-15,17H2,1-3H3,(H,32,35)/t22?,23-/m1/s1. The minimum absolute atomic E-state index is 0.0324. The number of rotatable bonds is 5. The number of carbonyl (C=O) groups excluding carboxylic acids is 3. The third kappa shape index (κ3) is 5.22. The number of halogens is 3. The summed E-state index contributed by atoms with van der Waals surface area (Å²) in [6.07, 6.45) is -3.56. The molecule has 1 spiro atoms. The Balaban J connectivity index is 1.48. The lowest BCUT2D eigenvalue weighted by atomic mass is 9.68. The van der Waals surface area contributed by atoms with Gasteiger partial charge in [0.2, 0.25) is 11.8 Å². The van der Waals surface area contributed by atoms with Crippen molar-refractivity contribution in [2.45, 2.75) is 44.8 Å². The van der Waals surface area contributed by atoms with Crippen molar-refractivity contribution >= 4 is 17.7 Å². The number of piperidine rings is 1. The van der Waals surface area contributed by atoms with E-state index in [1.54, 1.807) is 23.6 Å². The first kappa shape index (κ1) is 26.7. The number of hydrogen-bond donors (Lipinski definition) is 1. The SMILES string of the molecule is CC(C)[C@@H](NC(=O)c1cccc(C(F)(F)F)c1)C(=O)N1CCC2(CC1)C(=O)N(C)CC2c1ccccc1. The molecule has 1 unspecified atom stereocenters. The van der Waals surface area contributed by atoms with E-state index in [1.165, 1.54) is 12.1 Å². The van der Waals surface area contributed by atoms with E-state index in [1.807, 2.05) is 37.4 Å². The van der Waals surface area contributed by atoms with Gasteiger partial charge in [-0.25, -0.2) is 0 Å². The van der Waals surface area contributed by atoms with E-state index in [4.69, 9.17) is 0 Å². The van der Waals surface area contributed by atoms with E-state index in [0.717, 1.165) is 17.7 Å². The first-order valence-electron chi connectivity index (χ1n) is 12.5. The minimum atomic E-state index is -4.57. The van der Waals surface area contributed by atoms with E-state index in [0.29, 0.717) is 32.5 Å². The zero-order valence-electron chi connectivity index (χ0n) is 21.2. The van der Waals surface area contributed by atoms with Crippen LogP contribution in [0.25, 0.3) is 0 Å². The Kier molecular flexibility index (Phi) is 7.35. The van der Waals surface area contributed by atoms with Crippen molar-refractivity contribution in [1.29, 1.82) is 0 Å². The highest BCUT2D eigenvalue weighted by atomic mass is 19.4. The van der Waals surface area contributed by atoms with Crippen molar-refractivity contribution in [2.24, 2.45) is 11.3 Å². The summed E-state index contributed by atoms with van der Waals surface area (Å²) < 4.78 is 39.3. The molecular weight excluding hydrogens is 483 g/mol. The van der Waals surface area contributed by atoms with Crippen molar-refractivity contribution in [2.75, 3.05) is 26.7 Å². The third-order valence-electron chi connectivity index (χ3n) is 7.74. The molecule has 4 rings (SSSR count). The van der Waals surface area contributed by atoms with Gasteiger partial charge in [0, 0.05) is 38.2 Å². The van der Waals surface area contributed by atoms with E-state index < -0.39 is 29.1 Å². The first-order chi connectivity index (χ1) is 17.4. The minimum Gasteiger partial charge on any atom is -0.345 e. The molecule has 0 aromatic heterocycles. The van der Waals surface area contributed by atoms with Gasteiger partial charge in [0.05, 0.1) is 11.0 Å². The average molecular weight is 516 g/mol. The van der Waals surface area contributed by atoms with Crippen LogP contribution in [0.5, 0.6) is 0 Å². The Morgan fingerprint density at radius 3 is 2.27 bits per heavy atom. The Hall–Kier alpha value is -3.36. The molecule has 2 atom stereocenters. The van der Waals surface area contributed by atoms with Crippen molar-refractivity contribution in [3.8, 4) is 0 Å². The van der Waals surface area contributed by atoms with Crippen LogP contribution < -0.4 is 5.32 Å². The van der Waals surface area contributed by atoms with Crippen LogP contribution in [0.1, 0.15) is 54.1 Å². The molecule has 6 nitrogen and oxygen atoms in total. The molecule has 2 aliphatic rings. The normalized spacial score (nSPS) is 20.4. The second-order valence-corrected chi connectivity index (χ2v) is 10.4. The lowest BCUT2D eigenvalue weighted by molar-refractivity contribution is -0.143. The third-order valence-corrected chi connectivity index (χ3v) is 7.74. The van der Waals surface area contributed by atoms with E-state index in [-0.39, 0.29) is 29.2 Å². The molecule has 9 heteroatoms. The van der Waals surface area contributed by atoms with Crippen molar-refractivity contribution in [1.82, 2.24) is 15.1 Å². The van der Waals surface area contributed by atoms with Crippen LogP contribution >= 0.6 is 0 Å².